The van der Waals surface area contributed by atoms with Crippen LogP contribution < -0.4 is 28.4 Å². The van der Waals surface area contributed by atoms with Crippen LogP contribution >= 0.6 is 23.2 Å². The van der Waals surface area contributed by atoms with Crippen LogP contribution in [0.15, 0.2) is 61.2 Å². The van der Waals surface area contributed by atoms with Gasteiger partial charge in [0.25, 0.3) is 0 Å². The molecule has 0 amide bonds. The summed E-state index contributed by atoms with van der Waals surface area (Å²) in [6.45, 7) is 7.97. The van der Waals surface area contributed by atoms with Gasteiger partial charge in [-0.2, -0.15) is 0 Å². The largest absolute Gasteiger partial charge is 0.494 e. The molecule has 0 saturated carbocycles. The molecule has 28 heteroatoms. The predicted molar refractivity (Wildman–Crippen MR) is 272 cm³/mol. The Morgan fingerprint density at radius 1 is 0.568 bits per heavy atom. The first-order chi connectivity index (χ1) is 35.4. The Kier molecular flexibility index (Phi) is 18.2. The summed E-state index contributed by atoms with van der Waals surface area (Å²) in [5, 5.41) is 15.6. The molecule has 74 heavy (non-hydrogen) atoms. The van der Waals surface area contributed by atoms with Gasteiger partial charge < -0.3 is 37.9 Å². The van der Waals surface area contributed by atoms with Crippen molar-refractivity contribution in [3.63, 3.8) is 0 Å². The Morgan fingerprint density at radius 3 is 1.16 bits per heavy atom. The maximum atomic E-state index is 13.6. The van der Waals surface area contributed by atoms with Crippen LogP contribution in [0.2, 0.25) is 10.0 Å². The zero-order valence-electron chi connectivity index (χ0n) is 42.2. The molecule has 400 valence electrons. The molecular weight excluding hydrogens is 1050 g/mol. The minimum atomic E-state index is -4.10. The molecule has 0 unspecified atom stereocenters. The van der Waals surface area contributed by atoms with Crippen LogP contribution in [0, 0.1) is 0 Å². The molecule has 0 bridgehead atoms. The number of nitrogens with one attached hydrogen (secondary N) is 2. The van der Waals surface area contributed by atoms with Crippen molar-refractivity contribution in [3.05, 3.63) is 94.5 Å². The second-order valence-corrected chi connectivity index (χ2v) is 21.9. The Labute approximate surface area is 438 Å². The third-order valence-corrected chi connectivity index (χ3v) is 16.4. The van der Waals surface area contributed by atoms with Gasteiger partial charge in [-0.3, -0.25) is 18.6 Å². The van der Waals surface area contributed by atoms with Gasteiger partial charge in [0.1, 0.15) is 68.7 Å². The van der Waals surface area contributed by atoms with Gasteiger partial charge in [0, 0.05) is 64.1 Å². The van der Waals surface area contributed by atoms with Crippen LogP contribution in [0.3, 0.4) is 0 Å². The lowest BCUT2D eigenvalue weighted by Crippen LogP contribution is -2.33. The highest BCUT2D eigenvalue weighted by Crippen LogP contribution is 2.42. The van der Waals surface area contributed by atoms with Crippen molar-refractivity contribution in [2.45, 2.75) is 87.3 Å². The summed E-state index contributed by atoms with van der Waals surface area (Å²) in [6, 6.07) is 10.5. The van der Waals surface area contributed by atoms with Gasteiger partial charge in [-0.1, -0.05) is 35.3 Å². The first-order valence-electron chi connectivity index (χ1n) is 23.0. The third kappa shape index (κ3) is 11.8. The van der Waals surface area contributed by atoms with E-state index in [1.54, 1.807) is 45.5 Å². The van der Waals surface area contributed by atoms with E-state index >= 15 is 0 Å². The average molecular weight is 1110 g/mol. The van der Waals surface area contributed by atoms with Crippen LogP contribution in [0.25, 0.3) is 11.4 Å². The van der Waals surface area contributed by atoms with Crippen molar-refractivity contribution in [1.29, 1.82) is 0 Å². The third-order valence-electron chi connectivity index (χ3n) is 12.6. The first-order valence-corrected chi connectivity index (χ1v) is 26.9. The summed E-state index contributed by atoms with van der Waals surface area (Å²) in [7, 11) is 0.644. The van der Waals surface area contributed by atoms with E-state index in [0.29, 0.717) is 82.1 Å². The summed E-state index contributed by atoms with van der Waals surface area (Å²) >= 11 is 11.8. The number of hydrogen-bond donors (Lipinski definition) is 2. The van der Waals surface area contributed by atoms with Gasteiger partial charge in [-0.15, -0.1) is 20.4 Å². The highest BCUT2D eigenvalue weighted by atomic mass is 35.5. The fourth-order valence-electron chi connectivity index (χ4n) is 8.61. The predicted octanol–water partition coefficient (Wildman–Crippen LogP) is 6.28. The van der Waals surface area contributed by atoms with Gasteiger partial charge in [-0.25, -0.2) is 36.8 Å². The summed E-state index contributed by atoms with van der Waals surface area (Å²) in [5.41, 5.74) is 0.919. The molecule has 2 saturated heterocycles. The molecule has 2 aromatic carbocycles. The molecule has 8 rings (SSSR count). The lowest BCUT2D eigenvalue weighted by Gasteiger charge is -2.23. The van der Waals surface area contributed by atoms with Gasteiger partial charge in [0.2, 0.25) is 31.9 Å². The Hall–Kier alpha value is -6.00. The highest BCUT2D eigenvalue weighted by Gasteiger charge is 2.40. The zero-order chi connectivity index (χ0) is 53.5. The van der Waals surface area contributed by atoms with Crippen LogP contribution in [-0.4, -0.2) is 145 Å². The minimum Gasteiger partial charge on any atom is -0.494 e. The van der Waals surface area contributed by atoms with E-state index in [2.05, 4.69) is 49.8 Å². The Bertz CT molecular complexity index is 2830. The molecule has 2 aliphatic heterocycles. The molecule has 4 aromatic heterocycles. The second-order valence-electron chi connectivity index (χ2n) is 16.9. The fraction of sp³-hybridized carbons (Fsp3) is 0.478. The van der Waals surface area contributed by atoms with E-state index in [-0.39, 0.29) is 47.6 Å². The maximum absolute atomic E-state index is 13.6. The topological polar surface area (TPSA) is 279 Å². The second kappa shape index (κ2) is 24.1. The molecule has 8 atom stereocenters. The van der Waals surface area contributed by atoms with E-state index in [0.717, 1.165) is 0 Å². The van der Waals surface area contributed by atoms with Crippen molar-refractivity contribution < 1.29 is 54.7 Å². The van der Waals surface area contributed by atoms with Crippen molar-refractivity contribution in [2.75, 3.05) is 65.3 Å². The van der Waals surface area contributed by atoms with Gasteiger partial charge in [0.15, 0.2) is 11.6 Å². The molecule has 0 aliphatic carbocycles. The number of ether oxygens (including phenoxy) is 8. The number of hydrogen-bond acceptors (Lipinski definition) is 20. The molecule has 6 aromatic rings. The molecule has 2 N–H and O–H groups in total. The van der Waals surface area contributed by atoms with Crippen LogP contribution in [0.5, 0.6) is 23.0 Å². The molecule has 6 heterocycles. The number of halogens is 2. The lowest BCUT2D eigenvalue weighted by molar-refractivity contribution is 0.0949. The molecule has 0 radical (unpaired) electrons. The minimum absolute atomic E-state index is 0.0318. The number of sulfonamides is 2. The van der Waals surface area contributed by atoms with Gasteiger partial charge in [-0.05, 0) is 64.8 Å². The normalized spacial score (nSPS) is 19.4. The van der Waals surface area contributed by atoms with Crippen LogP contribution in [-0.2, 0) is 39.0 Å². The standard InChI is InChI=1S/2C23H29ClN6O6S/c2*1-13-16(9-10-36-13)22-27-28-23(30(22)19-17(33-3)7-6-8-18(19)34-4)29-37(31,32)14(2)20(35-5)21-25-11-15(24)12-26-21/h2*6-8,11-14,16,20H,9-10H2,1-5H3,(H,28,29)/t13-,14+,16-,20+;13-,14-,16-,20-/m10/s1. The smallest absolute Gasteiger partial charge is 0.243 e. The first kappa shape index (κ1) is 55.7. The number of rotatable bonds is 20. The van der Waals surface area contributed by atoms with Crippen molar-refractivity contribution in [3.8, 4) is 34.4 Å². The lowest BCUT2D eigenvalue weighted by atomic mass is 10.0. The highest BCUT2D eigenvalue weighted by molar-refractivity contribution is 7.93. The maximum Gasteiger partial charge on any atom is 0.243 e. The monoisotopic (exact) mass is 1100 g/mol. The van der Waals surface area contributed by atoms with Crippen LogP contribution in [0.4, 0.5) is 11.9 Å². The summed E-state index contributed by atoms with van der Waals surface area (Å²) in [5.74, 6) is 2.85. The van der Waals surface area contributed by atoms with E-state index in [1.165, 1.54) is 81.3 Å². The molecule has 24 nitrogen and oxygen atoms in total. The molecule has 0 spiro atoms. The number of benzene rings is 2. The number of anilines is 2. The quantitative estimate of drug-likeness (QED) is 0.0851. The zero-order valence-corrected chi connectivity index (χ0v) is 45.3. The number of nitrogens with zero attached hydrogens (tertiary/aromatic N) is 10. The van der Waals surface area contributed by atoms with Gasteiger partial charge in [0.05, 0.1) is 50.7 Å². The van der Waals surface area contributed by atoms with Gasteiger partial charge >= 0.3 is 0 Å². The van der Waals surface area contributed by atoms with E-state index in [1.807, 2.05) is 13.8 Å². The summed E-state index contributed by atoms with van der Waals surface area (Å²) < 4.78 is 108. The van der Waals surface area contributed by atoms with Crippen LogP contribution in [0.1, 0.15) is 87.9 Å². The molecular formula is C46H58Cl2N12O12S2. The van der Waals surface area contributed by atoms with Crippen molar-refractivity contribution >= 4 is 55.1 Å². The van der Waals surface area contributed by atoms with E-state index in [4.69, 9.17) is 61.1 Å². The SMILES string of the molecule is COc1cccc(OC)c1-n1c(NS(=O)(=O)[C@@H](C)[C@H](OC)c2ncc(Cl)cn2)nnc1[C@@H]1CCO[C@@H]1C.COc1cccc(OC)c1-n1c(NS(=O)(=O)[C@@H](C)[C@H](OC)c2ncc(Cl)cn2)nnc1[C@H]1CCO[C@H]1C. The average Bonchev–Trinajstić information content (AvgIpc) is 4.21. The Morgan fingerprint density at radius 2 is 0.892 bits per heavy atom. The Balaban J connectivity index is 0.000000216. The fourth-order valence-corrected chi connectivity index (χ4v) is 11.1. The number of aromatic nitrogens is 10. The van der Waals surface area contributed by atoms with Crippen molar-refractivity contribution in [1.82, 2.24) is 49.5 Å². The molecule has 2 fully saturated rings. The van der Waals surface area contributed by atoms with E-state index < -0.39 is 42.8 Å². The molecule has 2 aliphatic rings. The summed E-state index contributed by atoms with van der Waals surface area (Å²) in [4.78, 5) is 16.5. The number of para-hydroxylation sites is 2. The summed E-state index contributed by atoms with van der Waals surface area (Å²) in [6.07, 6.45) is 4.66. The van der Waals surface area contributed by atoms with E-state index in [9.17, 15) is 16.8 Å². The van der Waals surface area contributed by atoms with Crippen molar-refractivity contribution in [2.24, 2.45) is 0 Å². The number of methoxy groups -OCH3 is 6.